The Morgan fingerprint density at radius 1 is 1.04 bits per heavy atom. The number of pyridine rings is 1. The molecule has 2 N–H and O–H groups in total. The molecule has 0 atom stereocenters. The maximum atomic E-state index is 11.7. The maximum Gasteiger partial charge on any atom is 0.251 e. The normalized spacial score (nSPS) is 17.4. The van der Waals surface area contributed by atoms with Crippen LogP contribution in [-0.4, -0.2) is 15.9 Å². The van der Waals surface area contributed by atoms with E-state index in [1.54, 1.807) is 0 Å². The topological polar surface area (TPSA) is 57.8 Å². The molecule has 1 aromatic carbocycles. The highest BCUT2D eigenvalue weighted by Gasteiger charge is 2.21. The van der Waals surface area contributed by atoms with Crippen molar-refractivity contribution in [1.29, 1.82) is 0 Å². The third-order valence-electron chi connectivity index (χ3n) is 5.43. The molecule has 1 saturated carbocycles. The third-order valence-corrected chi connectivity index (χ3v) is 5.43. The van der Waals surface area contributed by atoms with E-state index in [0.29, 0.717) is 12.5 Å². The standard InChI is InChI=1S/C20H19N3O/c24-20-15-6-5-13(9-14(15)10-22-20)17-11-21-19-16(17)7-8-18(23-19)12-3-1-2-4-12/h5-9,11-12H,1-4,10H2,(H,21,23)(H,22,24). The summed E-state index contributed by atoms with van der Waals surface area (Å²) in [6, 6.07) is 10.4. The number of aromatic amines is 1. The molecule has 120 valence electrons. The van der Waals surface area contributed by atoms with Gasteiger partial charge in [0.05, 0.1) is 0 Å². The quantitative estimate of drug-likeness (QED) is 0.746. The van der Waals surface area contributed by atoms with Gasteiger partial charge >= 0.3 is 0 Å². The summed E-state index contributed by atoms with van der Waals surface area (Å²) in [7, 11) is 0. The summed E-state index contributed by atoms with van der Waals surface area (Å²) >= 11 is 0. The minimum absolute atomic E-state index is 0.0262. The van der Waals surface area contributed by atoms with E-state index in [9.17, 15) is 4.79 Å². The average Bonchev–Trinajstić information content (AvgIpc) is 3.34. The van der Waals surface area contributed by atoms with Crippen molar-refractivity contribution >= 4 is 16.9 Å². The second-order valence-corrected chi connectivity index (χ2v) is 6.87. The molecular weight excluding hydrogens is 298 g/mol. The highest BCUT2D eigenvalue weighted by Crippen LogP contribution is 2.35. The summed E-state index contributed by atoms with van der Waals surface area (Å²) in [6.45, 7) is 0.619. The van der Waals surface area contributed by atoms with Gasteiger partial charge in [-0.15, -0.1) is 0 Å². The number of carbonyl (C=O) groups is 1. The Morgan fingerprint density at radius 3 is 2.79 bits per heavy atom. The molecule has 1 aliphatic heterocycles. The van der Waals surface area contributed by atoms with Crippen molar-refractivity contribution in [3.8, 4) is 11.1 Å². The van der Waals surface area contributed by atoms with Crippen molar-refractivity contribution < 1.29 is 4.79 Å². The molecule has 3 heterocycles. The van der Waals surface area contributed by atoms with Crippen LogP contribution in [0.4, 0.5) is 0 Å². The first-order chi connectivity index (χ1) is 11.8. The predicted molar refractivity (Wildman–Crippen MR) is 93.9 cm³/mol. The van der Waals surface area contributed by atoms with E-state index in [0.717, 1.165) is 33.3 Å². The molecule has 1 aliphatic carbocycles. The maximum absolute atomic E-state index is 11.7. The van der Waals surface area contributed by atoms with Crippen LogP contribution < -0.4 is 5.32 Å². The Bertz CT molecular complexity index is 951. The Balaban J connectivity index is 1.57. The van der Waals surface area contributed by atoms with E-state index in [4.69, 9.17) is 4.98 Å². The molecule has 0 spiro atoms. The van der Waals surface area contributed by atoms with Gasteiger partial charge in [-0.3, -0.25) is 4.79 Å². The number of nitrogens with one attached hydrogen (secondary N) is 2. The van der Waals surface area contributed by atoms with Crippen LogP contribution in [0.5, 0.6) is 0 Å². The van der Waals surface area contributed by atoms with Crippen molar-refractivity contribution in [3.63, 3.8) is 0 Å². The first kappa shape index (κ1) is 13.8. The summed E-state index contributed by atoms with van der Waals surface area (Å²) in [6.07, 6.45) is 7.20. The number of fused-ring (bicyclic) bond motifs is 2. The molecule has 1 fully saturated rings. The van der Waals surface area contributed by atoms with Crippen LogP contribution in [-0.2, 0) is 6.54 Å². The monoisotopic (exact) mass is 317 g/mol. The van der Waals surface area contributed by atoms with Gasteiger partial charge in [-0.2, -0.15) is 0 Å². The minimum Gasteiger partial charge on any atom is -0.348 e. The predicted octanol–water partition coefficient (Wildman–Crippen LogP) is 4.13. The van der Waals surface area contributed by atoms with Crippen LogP contribution in [0.3, 0.4) is 0 Å². The van der Waals surface area contributed by atoms with Gasteiger partial charge in [0.15, 0.2) is 0 Å². The summed E-state index contributed by atoms with van der Waals surface area (Å²) in [4.78, 5) is 19.9. The summed E-state index contributed by atoms with van der Waals surface area (Å²) in [5, 5.41) is 4.02. The van der Waals surface area contributed by atoms with Crippen LogP contribution in [0.2, 0.25) is 0 Å². The molecule has 24 heavy (non-hydrogen) atoms. The fourth-order valence-corrected chi connectivity index (χ4v) is 4.11. The largest absolute Gasteiger partial charge is 0.348 e. The van der Waals surface area contributed by atoms with Gasteiger partial charge in [-0.1, -0.05) is 18.9 Å². The van der Waals surface area contributed by atoms with Gasteiger partial charge in [-0.05, 0) is 48.2 Å². The van der Waals surface area contributed by atoms with Crippen molar-refractivity contribution in [1.82, 2.24) is 15.3 Å². The average molecular weight is 317 g/mol. The van der Waals surface area contributed by atoms with Gasteiger partial charge in [-0.25, -0.2) is 4.98 Å². The second kappa shape index (κ2) is 5.20. The van der Waals surface area contributed by atoms with Crippen molar-refractivity contribution in [3.05, 3.63) is 53.3 Å². The number of hydrogen-bond donors (Lipinski definition) is 2. The van der Waals surface area contributed by atoms with Crippen molar-refractivity contribution in [2.75, 3.05) is 0 Å². The molecule has 0 unspecified atom stereocenters. The van der Waals surface area contributed by atoms with Crippen molar-refractivity contribution in [2.45, 2.75) is 38.1 Å². The summed E-state index contributed by atoms with van der Waals surface area (Å²) < 4.78 is 0. The molecule has 1 amide bonds. The molecule has 0 bridgehead atoms. The van der Waals surface area contributed by atoms with Gasteiger partial charge in [0.25, 0.3) is 5.91 Å². The number of rotatable bonds is 2. The highest BCUT2D eigenvalue weighted by molar-refractivity contribution is 6.00. The summed E-state index contributed by atoms with van der Waals surface area (Å²) in [5.74, 6) is 0.650. The molecule has 4 heteroatoms. The van der Waals surface area contributed by atoms with Gasteiger partial charge < -0.3 is 10.3 Å². The van der Waals surface area contributed by atoms with Gasteiger partial charge in [0, 0.05) is 40.9 Å². The zero-order valence-corrected chi connectivity index (χ0v) is 13.4. The first-order valence-corrected chi connectivity index (χ1v) is 8.69. The number of aromatic nitrogens is 2. The fraction of sp³-hybridized carbons (Fsp3) is 0.300. The molecule has 3 aromatic rings. The fourth-order valence-electron chi connectivity index (χ4n) is 4.11. The Labute approximate surface area is 140 Å². The Kier molecular flexibility index (Phi) is 2.98. The lowest BCUT2D eigenvalue weighted by Gasteiger charge is -2.08. The second-order valence-electron chi connectivity index (χ2n) is 6.87. The number of amides is 1. The number of nitrogens with zero attached hydrogens (tertiary/aromatic N) is 1. The molecule has 2 aromatic heterocycles. The molecule has 2 aliphatic rings. The number of carbonyl (C=O) groups excluding carboxylic acids is 1. The lowest BCUT2D eigenvalue weighted by Crippen LogP contribution is -2.12. The zero-order valence-electron chi connectivity index (χ0n) is 13.4. The smallest absolute Gasteiger partial charge is 0.251 e. The highest BCUT2D eigenvalue weighted by atomic mass is 16.1. The van der Waals surface area contributed by atoms with E-state index in [-0.39, 0.29) is 5.91 Å². The summed E-state index contributed by atoms with van der Waals surface area (Å²) in [5.41, 5.74) is 6.33. The minimum atomic E-state index is 0.0262. The molecule has 5 rings (SSSR count). The zero-order chi connectivity index (χ0) is 16.1. The Hall–Kier alpha value is -2.62. The number of benzene rings is 1. The van der Waals surface area contributed by atoms with Crippen LogP contribution in [0.15, 0.2) is 36.5 Å². The molecule has 0 saturated heterocycles. The SMILES string of the molecule is O=C1NCc2cc(-c3c[nH]c4nc(C5CCCC5)ccc34)ccc21. The van der Waals surface area contributed by atoms with Crippen LogP contribution >= 0.6 is 0 Å². The van der Waals surface area contributed by atoms with E-state index >= 15 is 0 Å². The van der Waals surface area contributed by atoms with E-state index in [1.807, 2.05) is 18.3 Å². The van der Waals surface area contributed by atoms with E-state index in [2.05, 4.69) is 28.5 Å². The van der Waals surface area contributed by atoms with E-state index < -0.39 is 0 Å². The molecular formula is C20H19N3O. The molecule has 0 radical (unpaired) electrons. The van der Waals surface area contributed by atoms with Crippen LogP contribution in [0.1, 0.15) is 53.2 Å². The van der Waals surface area contributed by atoms with Gasteiger partial charge in [0.2, 0.25) is 0 Å². The third kappa shape index (κ3) is 2.06. The van der Waals surface area contributed by atoms with Crippen LogP contribution in [0, 0.1) is 0 Å². The number of H-pyrrole nitrogens is 1. The van der Waals surface area contributed by atoms with Gasteiger partial charge in [0.1, 0.15) is 5.65 Å². The number of hydrogen-bond acceptors (Lipinski definition) is 2. The lowest BCUT2D eigenvalue weighted by molar-refractivity contribution is 0.0966. The Morgan fingerprint density at radius 2 is 1.92 bits per heavy atom. The molecule has 4 nitrogen and oxygen atoms in total. The van der Waals surface area contributed by atoms with E-state index in [1.165, 1.54) is 31.4 Å². The van der Waals surface area contributed by atoms with Crippen LogP contribution in [0.25, 0.3) is 22.2 Å². The first-order valence-electron chi connectivity index (χ1n) is 8.69. The van der Waals surface area contributed by atoms with Crippen molar-refractivity contribution in [2.24, 2.45) is 0 Å². The lowest BCUT2D eigenvalue weighted by atomic mass is 9.99.